The predicted molar refractivity (Wildman–Crippen MR) is 104 cm³/mol. The minimum Gasteiger partial charge on any atom is -0.481 e. The summed E-state index contributed by atoms with van der Waals surface area (Å²) in [7, 11) is 0. The number of hydrogen-bond acceptors (Lipinski definition) is 3. The molecule has 2 aromatic rings. The molecule has 26 heavy (non-hydrogen) atoms. The molecule has 0 bridgehead atoms. The van der Waals surface area contributed by atoms with E-state index in [-0.39, 0.29) is 5.91 Å². The van der Waals surface area contributed by atoms with Crippen LogP contribution in [0.1, 0.15) is 30.9 Å². The number of rotatable bonds is 7. The van der Waals surface area contributed by atoms with Crippen molar-refractivity contribution in [1.82, 2.24) is 10.2 Å². The first-order valence-corrected chi connectivity index (χ1v) is 9.41. The highest BCUT2D eigenvalue weighted by molar-refractivity contribution is 5.81. The van der Waals surface area contributed by atoms with Gasteiger partial charge in [0.05, 0.1) is 0 Å². The molecule has 0 saturated carbocycles. The van der Waals surface area contributed by atoms with E-state index in [0.29, 0.717) is 12.6 Å². The van der Waals surface area contributed by atoms with E-state index in [4.69, 9.17) is 4.74 Å². The lowest BCUT2D eigenvalue weighted by Gasteiger charge is -2.29. The van der Waals surface area contributed by atoms with Crippen molar-refractivity contribution < 1.29 is 9.53 Å². The van der Waals surface area contributed by atoms with Crippen LogP contribution < -0.4 is 10.1 Å². The molecule has 1 unspecified atom stereocenters. The van der Waals surface area contributed by atoms with Crippen LogP contribution in [-0.4, -0.2) is 36.0 Å². The lowest BCUT2D eigenvalue weighted by molar-refractivity contribution is -0.139. The monoisotopic (exact) mass is 352 g/mol. The number of carbonyl (C=O) groups excluding carboxylic acids is 1. The van der Waals surface area contributed by atoms with E-state index in [1.807, 2.05) is 48.2 Å². The molecule has 1 aliphatic heterocycles. The summed E-state index contributed by atoms with van der Waals surface area (Å²) in [6.07, 6.45) is 1.78. The topological polar surface area (TPSA) is 41.6 Å². The maximum absolute atomic E-state index is 13.1. The molecule has 0 aliphatic carbocycles. The molecular formula is C22H28N2O2. The first-order valence-electron chi connectivity index (χ1n) is 9.41. The second kappa shape index (κ2) is 8.86. The Balaban J connectivity index is 1.71. The normalized spacial score (nSPS) is 17.7. The van der Waals surface area contributed by atoms with E-state index in [1.54, 1.807) is 0 Å². The molecule has 1 fully saturated rings. The van der Waals surface area contributed by atoms with Crippen molar-refractivity contribution in [1.29, 1.82) is 0 Å². The number of carbonyl (C=O) groups is 1. The maximum atomic E-state index is 13.1. The Kier molecular flexibility index (Phi) is 6.29. The van der Waals surface area contributed by atoms with Crippen LogP contribution in [0.3, 0.4) is 0 Å². The molecule has 0 spiro atoms. The fourth-order valence-electron chi connectivity index (χ4n) is 3.45. The van der Waals surface area contributed by atoms with Crippen molar-refractivity contribution in [3.8, 4) is 5.75 Å². The molecule has 2 atom stereocenters. The average Bonchev–Trinajstić information content (AvgIpc) is 3.14. The largest absolute Gasteiger partial charge is 0.481 e. The van der Waals surface area contributed by atoms with Crippen LogP contribution in [0, 0.1) is 6.92 Å². The summed E-state index contributed by atoms with van der Waals surface area (Å²) in [4.78, 5) is 15.0. The average molecular weight is 352 g/mol. The van der Waals surface area contributed by atoms with Crippen LogP contribution >= 0.6 is 0 Å². The van der Waals surface area contributed by atoms with Gasteiger partial charge in [-0.2, -0.15) is 0 Å². The van der Waals surface area contributed by atoms with Gasteiger partial charge in [-0.1, -0.05) is 48.0 Å². The Morgan fingerprint density at radius 1 is 1.23 bits per heavy atom. The lowest BCUT2D eigenvalue weighted by atomic mass is 10.1. The van der Waals surface area contributed by atoms with Crippen molar-refractivity contribution in [2.24, 2.45) is 0 Å². The standard InChI is InChI=1S/C22H28N2O2/c1-17-8-6-9-19(14-17)15-24(16-20-10-7-13-23-20)22(25)18(2)26-21-11-4-3-5-12-21/h3-6,8-9,11-12,14,18,20,23H,7,10,13,15-16H2,1-2H3/t18?,20-/m1/s1. The molecule has 1 saturated heterocycles. The molecule has 1 N–H and O–H groups in total. The highest BCUT2D eigenvalue weighted by Gasteiger charge is 2.26. The van der Waals surface area contributed by atoms with Gasteiger partial charge in [0, 0.05) is 19.1 Å². The highest BCUT2D eigenvalue weighted by atomic mass is 16.5. The number of para-hydroxylation sites is 1. The molecule has 1 amide bonds. The summed E-state index contributed by atoms with van der Waals surface area (Å²) in [5.74, 6) is 0.756. The van der Waals surface area contributed by atoms with Gasteiger partial charge in [0.15, 0.2) is 6.10 Å². The summed E-state index contributed by atoms with van der Waals surface area (Å²) in [6.45, 7) is 6.28. The quantitative estimate of drug-likeness (QED) is 0.829. The zero-order valence-electron chi connectivity index (χ0n) is 15.7. The smallest absolute Gasteiger partial charge is 0.263 e. The Morgan fingerprint density at radius 2 is 2.04 bits per heavy atom. The van der Waals surface area contributed by atoms with Crippen molar-refractivity contribution in [2.45, 2.75) is 45.4 Å². The number of ether oxygens (including phenoxy) is 1. The first kappa shape index (κ1) is 18.5. The first-order chi connectivity index (χ1) is 12.6. The Bertz CT molecular complexity index is 711. The number of hydrogen-bond donors (Lipinski definition) is 1. The van der Waals surface area contributed by atoms with Gasteiger partial charge in [0.2, 0.25) is 0 Å². The summed E-state index contributed by atoms with van der Waals surface area (Å²) < 4.78 is 5.87. The molecule has 2 aromatic carbocycles. The maximum Gasteiger partial charge on any atom is 0.263 e. The number of aryl methyl sites for hydroxylation is 1. The van der Waals surface area contributed by atoms with Crippen molar-refractivity contribution in [3.63, 3.8) is 0 Å². The molecule has 4 heteroatoms. The second-order valence-corrected chi connectivity index (χ2v) is 7.07. The minimum absolute atomic E-state index is 0.0315. The second-order valence-electron chi connectivity index (χ2n) is 7.07. The van der Waals surface area contributed by atoms with Crippen molar-refractivity contribution in [3.05, 3.63) is 65.7 Å². The van der Waals surface area contributed by atoms with Crippen LogP contribution in [0.25, 0.3) is 0 Å². The molecule has 1 aliphatic rings. The number of amides is 1. The molecular weight excluding hydrogens is 324 g/mol. The Labute approximate surface area is 156 Å². The third-order valence-electron chi connectivity index (χ3n) is 4.77. The summed E-state index contributed by atoms with van der Waals surface area (Å²) in [5, 5.41) is 3.49. The number of nitrogens with zero attached hydrogens (tertiary/aromatic N) is 1. The van der Waals surface area contributed by atoms with Crippen molar-refractivity contribution in [2.75, 3.05) is 13.1 Å². The van der Waals surface area contributed by atoms with Crippen LogP contribution in [-0.2, 0) is 11.3 Å². The minimum atomic E-state index is -0.511. The van der Waals surface area contributed by atoms with Gasteiger partial charge in [0.1, 0.15) is 5.75 Å². The number of nitrogens with one attached hydrogen (secondary N) is 1. The molecule has 0 radical (unpaired) electrons. The number of benzene rings is 2. The fraction of sp³-hybridized carbons (Fsp3) is 0.409. The molecule has 0 aromatic heterocycles. The molecule has 4 nitrogen and oxygen atoms in total. The van der Waals surface area contributed by atoms with Gasteiger partial charge in [-0.3, -0.25) is 4.79 Å². The van der Waals surface area contributed by atoms with E-state index in [9.17, 15) is 4.79 Å². The van der Waals surface area contributed by atoms with Gasteiger partial charge in [-0.25, -0.2) is 0 Å². The van der Waals surface area contributed by atoms with Gasteiger partial charge >= 0.3 is 0 Å². The van der Waals surface area contributed by atoms with Crippen molar-refractivity contribution >= 4 is 5.91 Å². The van der Waals surface area contributed by atoms with Gasteiger partial charge in [-0.05, 0) is 50.9 Å². The summed E-state index contributed by atoms with van der Waals surface area (Å²) in [6, 6.07) is 18.3. The summed E-state index contributed by atoms with van der Waals surface area (Å²) in [5.41, 5.74) is 2.37. The van der Waals surface area contributed by atoms with E-state index in [2.05, 4.69) is 30.4 Å². The zero-order valence-corrected chi connectivity index (χ0v) is 15.7. The van der Waals surface area contributed by atoms with E-state index in [0.717, 1.165) is 30.8 Å². The van der Waals surface area contributed by atoms with Gasteiger partial charge in [-0.15, -0.1) is 0 Å². The fourth-order valence-corrected chi connectivity index (χ4v) is 3.45. The van der Waals surface area contributed by atoms with Gasteiger partial charge in [0.25, 0.3) is 5.91 Å². The molecule has 1 heterocycles. The zero-order chi connectivity index (χ0) is 18.4. The third-order valence-corrected chi connectivity index (χ3v) is 4.77. The van der Waals surface area contributed by atoms with Crippen LogP contribution in [0.4, 0.5) is 0 Å². The Morgan fingerprint density at radius 3 is 2.73 bits per heavy atom. The van der Waals surface area contributed by atoms with Crippen LogP contribution in [0.2, 0.25) is 0 Å². The molecule has 138 valence electrons. The third kappa shape index (κ3) is 5.09. The molecule has 3 rings (SSSR count). The van der Waals surface area contributed by atoms with E-state index >= 15 is 0 Å². The summed E-state index contributed by atoms with van der Waals surface area (Å²) >= 11 is 0. The van der Waals surface area contributed by atoms with Crippen LogP contribution in [0.15, 0.2) is 54.6 Å². The Hall–Kier alpha value is -2.33. The highest BCUT2D eigenvalue weighted by Crippen LogP contribution is 2.16. The van der Waals surface area contributed by atoms with E-state index in [1.165, 1.54) is 12.0 Å². The van der Waals surface area contributed by atoms with Crippen LogP contribution in [0.5, 0.6) is 5.75 Å². The van der Waals surface area contributed by atoms with E-state index < -0.39 is 6.10 Å². The lowest BCUT2D eigenvalue weighted by Crippen LogP contribution is -2.45. The predicted octanol–water partition coefficient (Wildman–Crippen LogP) is 3.54. The van der Waals surface area contributed by atoms with Gasteiger partial charge < -0.3 is 15.0 Å². The SMILES string of the molecule is Cc1cccc(CN(C[C@H]2CCCN2)C(=O)C(C)Oc2ccccc2)c1.